The molecule has 44 heavy (non-hydrogen) atoms. The Morgan fingerprint density at radius 1 is 0.955 bits per heavy atom. The number of fused-ring (bicyclic) bond motifs is 1. The zero-order valence-corrected chi connectivity index (χ0v) is 26.3. The molecule has 230 valence electrons. The summed E-state index contributed by atoms with van der Waals surface area (Å²) in [6.07, 6.45) is 6.46. The van der Waals surface area contributed by atoms with Crippen LogP contribution in [-0.2, 0) is 11.3 Å². The van der Waals surface area contributed by atoms with Gasteiger partial charge in [-0.15, -0.1) is 0 Å². The highest BCUT2D eigenvalue weighted by Gasteiger charge is 2.25. The normalized spacial score (nSPS) is 17.3. The molecule has 1 aliphatic rings. The Morgan fingerprint density at radius 2 is 1.66 bits per heavy atom. The highest BCUT2D eigenvalue weighted by Crippen LogP contribution is 2.38. The van der Waals surface area contributed by atoms with Crippen LogP contribution >= 0.6 is 0 Å². The molecule has 1 atom stereocenters. The number of carbonyl (C=O) groups is 1. The molecule has 0 spiro atoms. The molecular weight excluding hydrogens is 550 g/mol. The highest BCUT2D eigenvalue weighted by molar-refractivity contribution is 5.94. The van der Waals surface area contributed by atoms with Gasteiger partial charge in [0.1, 0.15) is 0 Å². The van der Waals surface area contributed by atoms with E-state index in [2.05, 4.69) is 57.5 Å². The third-order valence-corrected chi connectivity index (χ3v) is 8.88. The minimum absolute atomic E-state index is 0.250. The van der Waals surface area contributed by atoms with E-state index in [4.69, 9.17) is 25.1 Å². The monoisotopic (exact) mass is 593 g/mol. The van der Waals surface area contributed by atoms with E-state index in [0.29, 0.717) is 18.4 Å². The first-order chi connectivity index (χ1) is 21.2. The number of rotatable bonds is 7. The first-order valence-electron chi connectivity index (χ1n) is 15.6. The van der Waals surface area contributed by atoms with Gasteiger partial charge in [-0.25, -0.2) is 4.68 Å². The topological polar surface area (TPSA) is 106 Å². The lowest BCUT2D eigenvalue weighted by Crippen LogP contribution is -2.13. The minimum atomic E-state index is -0.628. The Kier molecular flexibility index (Phi) is 9.59. The van der Waals surface area contributed by atoms with Crippen molar-refractivity contribution in [3.8, 4) is 16.9 Å². The summed E-state index contributed by atoms with van der Waals surface area (Å²) in [4.78, 5) is 13.5. The van der Waals surface area contributed by atoms with Gasteiger partial charge in [0, 0.05) is 40.0 Å². The summed E-state index contributed by atoms with van der Waals surface area (Å²) < 4.78 is 3.94. The standard InChI is InChI=1S/C35H41N5O.CH2O2/c1-22(2)34-25(5)40(32-19-18-30(36-24(32)4)26-16-14-23(3)15-17-26)38-35(34)28-12-9-13-31-29(28)20-39(37-31)21-33(41)27-10-7-6-8-11-27;2-1-3/h6-13,18-20,22-23,26,33,41H,14-17,21H2,1-5H3;1H,(H,2,3). The molecule has 2 aromatic carbocycles. The Labute approximate surface area is 259 Å². The molecule has 1 unspecified atom stereocenters. The van der Waals surface area contributed by atoms with E-state index < -0.39 is 6.10 Å². The second kappa shape index (κ2) is 13.6. The van der Waals surface area contributed by atoms with Crippen LogP contribution in [0, 0.1) is 19.8 Å². The molecule has 0 bridgehead atoms. The van der Waals surface area contributed by atoms with Crippen molar-refractivity contribution in [3.63, 3.8) is 0 Å². The van der Waals surface area contributed by atoms with Gasteiger partial charge in [0.05, 0.1) is 35.2 Å². The van der Waals surface area contributed by atoms with E-state index in [1.807, 2.05) is 53.3 Å². The van der Waals surface area contributed by atoms with Crippen LogP contribution in [0.3, 0.4) is 0 Å². The fourth-order valence-electron chi connectivity index (χ4n) is 6.57. The largest absolute Gasteiger partial charge is 0.483 e. The molecular formula is C36H43N5O3. The van der Waals surface area contributed by atoms with E-state index in [1.54, 1.807) is 0 Å². The van der Waals surface area contributed by atoms with Gasteiger partial charge in [-0.3, -0.25) is 14.5 Å². The predicted molar refractivity (Wildman–Crippen MR) is 174 cm³/mol. The maximum Gasteiger partial charge on any atom is 0.290 e. The van der Waals surface area contributed by atoms with Gasteiger partial charge < -0.3 is 10.2 Å². The van der Waals surface area contributed by atoms with Crippen LogP contribution in [-0.4, -0.2) is 41.2 Å². The summed E-state index contributed by atoms with van der Waals surface area (Å²) in [7, 11) is 0. The minimum Gasteiger partial charge on any atom is -0.483 e. The van der Waals surface area contributed by atoms with E-state index in [9.17, 15) is 5.11 Å². The fraction of sp³-hybridized carbons (Fsp3) is 0.389. The third-order valence-electron chi connectivity index (χ3n) is 8.88. The molecule has 1 saturated carbocycles. The molecule has 2 N–H and O–H groups in total. The number of aromatic nitrogens is 5. The van der Waals surface area contributed by atoms with Gasteiger partial charge >= 0.3 is 0 Å². The molecule has 8 nitrogen and oxygen atoms in total. The summed E-state index contributed by atoms with van der Waals surface area (Å²) in [5.74, 6) is 1.69. The number of aliphatic hydroxyl groups is 1. The van der Waals surface area contributed by atoms with Crippen LogP contribution in [0.15, 0.2) is 66.9 Å². The number of benzene rings is 2. The molecule has 0 amide bonds. The molecule has 1 fully saturated rings. The molecule has 3 aromatic heterocycles. The summed E-state index contributed by atoms with van der Waals surface area (Å²) in [6, 6.07) is 20.4. The average Bonchev–Trinajstić information content (AvgIpc) is 3.58. The Hall–Kier alpha value is -4.30. The van der Waals surface area contributed by atoms with E-state index in [0.717, 1.165) is 50.7 Å². The second-order valence-electron chi connectivity index (χ2n) is 12.3. The SMILES string of the molecule is Cc1nc(C2CCC(C)CC2)ccc1-n1nc(-c2cccc3nn(CC(O)c4ccccc4)cc23)c(C(C)C)c1C.O=CO. The van der Waals surface area contributed by atoms with Crippen molar-refractivity contribution in [1.29, 1.82) is 0 Å². The fourth-order valence-corrected chi connectivity index (χ4v) is 6.57. The van der Waals surface area contributed by atoms with Crippen molar-refractivity contribution < 1.29 is 15.0 Å². The zero-order valence-electron chi connectivity index (χ0n) is 26.3. The average molecular weight is 594 g/mol. The lowest BCUT2D eigenvalue weighted by Gasteiger charge is -2.26. The van der Waals surface area contributed by atoms with Crippen molar-refractivity contribution in [3.05, 3.63) is 95.1 Å². The van der Waals surface area contributed by atoms with E-state index in [-0.39, 0.29) is 6.47 Å². The van der Waals surface area contributed by atoms with Crippen molar-refractivity contribution in [1.82, 2.24) is 24.5 Å². The summed E-state index contributed by atoms with van der Waals surface area (Å²) in [5, 5.41) is 28.8. The molecule has 0 aliphatic heterocycles. The van der Waals surface area contributed by atoms with Crippen LogP contribution < -0.4 is 0 Å². The Bertz CT molecular complexity index is 1710. The number of nitrogens with zero attached hydrogens (tertiary/aromatic N) is 5. The lowest BCUT2D eigenvalue weighted by atomic mass is 9.81. The zero-order chi connectivity index (χ0) is 31.4. The van der Waals surface area contributed by atoms with Gasteiger partial charge in [0.15, 0.2) is 0 Å². The highest BCUT2D eigenvalue weighted by atomic mass is 16.3. The van der Waals surface area contributed by atoms with Crippen LogP contribution in [0.4, 0.5) is 0 Å². The lowest BCUT2D eigenvalue weighted by molar-refractivity contribution is -0.122. The van der Waals surface area contributed by atoms with E-state index >= 15 is 0 Å². The van der Waals surface area contributed by atoms with Crippen LogP contribution in [0.25, 0.3) is 27.8 Å². The third kappa shape index (κ3) is 6.45. The van der Waals surface area contributed by atoms with E-state index in [1.165, 1.54) is 36.9 Å². The summed E-state index contributed by atoms with van der Waals surface area (Å²) in [5.41, 5.74) is 9.49. The molecule has 3 heterocycles. The number of aliphatic hydroxyl groups excluding tert-OH is 1. The maximum absolute atomic E-state index is 10.8. The first kappa shape index (κ1) is 31.1. The summed E-state index contributed by atoms with van der Waals surface area (Å²) >= 11 is 0. The van der Waals surface area contributed by atoms with Gasteiger partial charge in [0.25, 0.3) is 6.47 Å². The van der Waals surface area contributed by atoms with Gasteiger partial charge in [0.2, 0.25) is 0 Å². The molecule has 0 radical (unpaired) electrons. The second-order valence-corrected chi connectivity index (χ2v) is 12.3. The van der Waals surface area contributed by atoms with Crippen molar-refractivity contribution >= 4 is 17.4 Å². The Morgan fingerprint density at radius 3 is 2.32 bits per heavy atom. The molecule has 1 aliphatic carbocycles. The van der Waals surface area contributed by atoms with Crippen LogP contribution in [0.1, 0.15) is 92.6 Å². The molecule has 0 saturated heterocycles. The van der Waals surface area contributed by atoms with Crippen molar-refractivity contribution in [2.75, 3.05) is 0 Å². The maximum atomic E-state index is 10.8. The Balaban J connectivity index is 0.00000123. The number of aryl methyl sites for hydroxylation is 1. The molecule has 8 heteroatoms. The molecule has 6 rings (SSSR count). The van der Waals surface area contributed by atoms with Gasteiger partial charge in [-0.1, -0.05) is 76.1 Å². The quantitative estimate of drug-likeness (QED) is 0.187. The number of hydrogen-bond donors (Lipinski definition) is 2. The number of carboxylic acid groups (broad SMARTS) is 1. The summed E-state index contributed by atoms with van der Waals surface area (Å²) in [6.45, 7) is 11.2. The van der Waals surface area contributed by atoms with Crippen LogP contribution in [0.5, 0.6) is 0 Å². The van der Waals surface area contributed by atoms with Gasteiger partial charge in [-0.2, -0.15) is 10.2 Å². The predicted octanol–water partition coefficient (Wildman–Crippen LogP) is 7.75. The molecule has 5 aromatic rings. The smallest absolute Gasteiger partial charge is 0.290 e. The number of hydrogen-bond acceptors (Lipinski definition) is 5. The van der Waals surface area contributed by atoms with Crippen molar-refractivity contribution in [2.24, 2.45) is 5.92 Å². The first-order valence-corrected chi connectivity index (χ1v) is 15.6. The van der Waals surface area contributed by atoms with Crippen LogP contribution in [0.2, 0.25) is 0 Å². The van der Waals surface area contributed by atoms with Crippen molar-refractivity contribution in [2.45, 2.75) is 84.8 Å². The number of pyridine rings is 1. The van der Waals surface area contributed by atoms with Gasteiger partial charge in [-0.05, 0) is 62.3 Å².